The van der Waals surface area contributed by atoms with Crippen molar-refractivity contribution in [2.45, 2.75) is 32.0 Å². The first-order chi connectivity index (χ1) is 8.81. The summed E-state index contributed by atoms with van der Waals surface area (Å²) in [4.78, 5) is 10.9. The van der Waals surface area contributed by atoms with E-state index < -0.39 is 0 Å². The number of hydrogen-bond donors (Lipinski definition) is 0. The molecule has 0 bridgehead atoms. The molecule has 0 spiro atoms. The van der Waals surface area contributed by atoms with Crippen LogP contribution in [0.3, 0.4) is 0 Å². The van der Waals surface area contributed by atoms with E-state index in [1.54, 1.807) is 23.7 Å². The number of thiophene rings is 1. The van der Waals surface area contributed by atoms with E-state index in [2.05, 4.69) is 31.7 Å². The van der Waals surface area contributed by atoms with Crippen molar-refractivity contribution in [1.29, 1.82) is 0 Å². The van der Waals surface area contributed by atoms with Crippen LogP contribution in [-0.2, 0) is 13.1 Å². The summed E-state index contributed by atoms with van der Waals surface area (Å²) >= 11 is 7.50. The number of rotatable bonds is 5. The Kier molecular flexibility index (Phi) is 3.59. The Morgan fingerprint density at radius 1 is 1.28 bits per heavy atom. The molecule has 0 amide bonds. The van der Waals surface area contributed by atoms with Crippen LogP contribution in [-0.4, -0.2) is 20.9 Å². The number of halogens is 1. The lowest BCUT2D eigenvalue weighted by Gasteiger charge is -2.20. The smallest absolute Gasteiger partial charge is 0.147 e. The molecule has 18 heavy (non-hydrogen) atoms. The maximum Gasteiger partial charge on any atom is 0.147 e. The SMILES string of the molecule is Clc1cnc(CN(Cc2ccsc2)C2CC2)cn1. The van der Waals surface area contributed by atoms with Gasteiger partial charge in [0.25, 0.3) is 0 Å². The largest absolute Gasteiger partial charge is 0.290 e. The van der Waals surface area contributed by atoms with Crippen molar-refractivity contribution in [2.75, 3.05) is 0 Å². The molecule has 0 N–H and O–H groups in total. The second-order valence-corrected chi connectivity index (χ2v) is 5.77. The zero-order chi connectivity index (χ0) is 12.4. The van der Waals surface area contributed by atoms with Crippen molar-refractivity contribution in [1.82, 2.24) is 14.9 Å². The van der Waals surface area contributed by atoms with Crippen LogP contribution < -0.4 is 0 Å². The summed E-state index contributed by atoms with van der Waals surface area (Å²) in [6, 6.07) is 2.90. The molecule has 0 radical (unpaired) electrons. The summed E-state index contributed by atoms with van der Waals surface area (Å²) in [6.07, 6.45) is 5.98. The van der Waals surface area contributed by atoms with Gasteiger partial charge in [0.05, 0.1) is 18.1 Å². The molecule has 1 saturated carbocycles. The molecule has 1 fully saturated rings. The summed E-state index contributed by atoms with van der Waals surface area (Å²) in [6.45, 7) is 1.85. The van der Waals surface area contributed by atoms with E-state index in [1.165, 1.54) is 18.4 Å². The summed E-state index contributed by atoms with van der Waals surface area (Å²) in [5, 5.41) is 4.79. The first-order valence-electron chi connectivity index (χ1n) is 6.03. The molecule has 0 aromatic carbocycles. The predicted octanol–water partition coefficient (Wildman–Crippen LogP) is 3.36. The van der Waals surface area contributed by atoms with Crippen LogP contribution in [0.4, 0.5) is 0 Å². The van der Waals surface area contributed by atoms with Crippen molar-refractivity contribution >= 4 is 22.9 Å². The van der Waals surface area contributed by atoms with E-state index in [1.807, 2.05) is 0 Å². The summed E-state index contributed by atoms with van der Waals surface area (Å²) < 4.78 is 0. The predicted molar refractivity (Wildman–Crippen MR) is 73.6 cm³/mol. The van der Waals surface area contributed by atoms with Crippen molar-refractivity contribution in [2.24, 2.45) is 0 Å². The molecule has 2 aromatic rings. The molecule has 0 unspecified atom stereocenters. The van der Waals surface area contributed by atoms with Gasteiger partial charge in [-0.1, -0.05) is 11.6 Å². The molecule has 2 aromatic heterocycles. The van der Waals surface area contributed by atoms with Crippen LogP contribution in [0.25, 0.3) is 0 Å². The van der Waals surface area contributed by atoms with Crippen LogP contribution in [0.2, 0.25) is 5.15 Å². The van der Waals surface area contributed by atoms with Gasteiger partial charge in [-0.05, 0) is 35.2 Å². The van der Waals surface area contributed by atoms with E-state index in [9.17, 15) is 0 Å². The highest BCUT2D eigenvalue weighted by Gasteiger charge is 2.29. The van der Waals surface area contributed by atoms with Gasteiger partial charge in [-0.2, -0.15) is 11.3 Å². The van der Waals surface area contributed by atoms with Crippen LogP contribution in [0.15, 0.2) is 29.2 Å². The normalized spacial score (nSPS) is 15.2. The monoisotopic (exact) mass is 279 g/mol. The third kappa shape index (κ3) is 3.07. The van der Waals surface area contributed by atoms with Gasteiger partial charge >= 0.3 is 0 Å². The highest BCUT2D eigenvalue weighted by molar-refractivity contribution is 7.07. The quantitative estimate of drug-likeness (QED) is 0.840. The van der Waals surface area contributed by atoms with Gasteiger partial charge in [0.15, 0.2) is 0 Å². The lowest BCUT2D eigenvalue weighted by Crippen LogP contribution is -2.25. The third-order valence-corrected chi connectivity index (χ3v) is 4.00. The minimum Gasteiger partial charge on any atom is -0.290 e. The highest BCUT2D eigenvalue weighted by atomic mass is 35.5. The lowest BCUT2D eigenvalue weighted by molar-refractivity contribution is 0.243. The summed E-state index contributed by atoms with van der Waals surface area (Å²) in [5.74, 6) is 0. The molecular formula is C13H14ClN3S. The molecule has 1 aliphatic carbocycles. The van der Waals surface area contributed by atoms with Crippen molar-refractivity contribution < 1.29 is 0 Å². The minimum atomic E-state index is 0.453. The van der Waals surface area contributed by atoms with E-state index in [0.717, 1.165) is 18.8 Å². The van der Waals surface area contributed by atoms with Gasteiger partial charge in [-0.25, -0.2) is 4.98 Å². The first-order valence-corrected chi connectivity index (χ1v) is 7.35. The first kappa shape index (κ1) is 12.1. The second kappa shape index (κ2) is 5.34. The van der Waals surface area contributed by atoms with Gasteiger partial charge in [0.2, 0.25) is 0 Å². The molecule has 94 valence electrons. The fourth-order valence-corrected chi connectivity index (χ4v) is 2.76. The van der Waals surface area contributed by atoms with E-state index in [4.69, 9.17) is 11.6 Å². The maximum atomic E-state index is 5.75. The minimum absolute atomic E-state index is 0.453. The third-order valence-electron chi connectivity index (χ3n) is 3.07. The molecule has 5 heteroatoms. The highest BCUT2D eigenvalue weighted by Crippen LogP contribution is 2.29. The molecule has 3 rings (SSSR count). The zero-order valence-corrected chi connectivity index (χ0v) is 11.5. The van der Waals surface area contributed by atoms with E-state index in [-0.39, 0.29) is 0 Å². The average Bonchev–Trinajstić information content (AvgIpc) is 3.10. The molecule has 1 aliphatic rings. The Labute approximate surface area is 115 Å². The van der Waals surface area contributed by atoms with Gasteiger partial charge < -0.3 is 0 Å². The Morgan fingerprint density at radius 2 is 2.17 bits per heavy atom. The molecular weight excluding hydrogens is 266 g/mol. The maximum absolute atomic E-state index is 5.75. The van der Waals surface area contributed by atoms with Crippen molar-refractivity contribution in [3.8, 4) is 0 Å². The number of nitrogens with zero attached hydrogens (tertiary/aromatic N) is 3. The van der Waals surface area contributed by atoms with Crippen molar-refractivity contribution in [3.63, 3.8) is 0 Å². The number of hydrogen-bond acceptors (Lipinski definition) is 4. The van der Waals surface area contributed by atoms with E-state index >= 15 is 0 Å². The standard InChI is InChI=1S/C13H14ClN3S/c14-13-6-15-11(5-16-13)8-17(12-1-2-12)7-10-3-4-18-9-10/h3-6,9,12H,1-2,7-8H2. The van der Waals surface area contributed by atoms with Crippen molar-refractivity contribution in [3.05, 3.63) is 45.6 Å². The van der Waals surface area contributed by atoms with Gasteiger partial charge in [0, 0.05) is 19.1 Å². The number of aromatic nitrogens is 2. The zero-order valence-electron chi connectivity index (χ0n) is 9.92. The molecule has 0 aliphatic heterocycles. The Hall–Kier alpha value is -0.970. The van der Waals surface area contributed by atoms with Gasteiger partial charge in [0.1, 0.15) is 5.15 Å². The van der Waals surface area contributed by atoms with Crippen LogP contribution >= 0.6 is 22.9 Å². The van der Waals surface area contributed by atoms with Crippen LogP contribution in [0.5, 0.6) is 0 Å². The Bertz CT molecular complexity index is 493. The van der Waals surface area contributed by atoms with E-state index in [0.29, 0.717) is 11.2 Å². The molecule has 3 nitrogen and oxygen atoms in total. The molecule has 0 saturated heterocycles. The fraction of sp³-hybridized carbons (Fsp3) is 0.385. The molecule has 0 atom stereocenters. The van der Waals surface area contributed by atoms with Gasteiger partial charge in [-0.3, -0.25) is 9.88 Å². The van der Waals surface area contributed by atoms with Crippen LogP contribution in [0, 0.1) is 0 Å². The average molecular weight is 280 g/mol. The van der Waals surface area contributed by atoms with Crippen LogP contribution in [0.1, 0.15) is 24.1 Å². The molecule has 2 heterocycles. The van der Waals surface area contributed by atoms with Gasteiger partial charge in [-0.15, -0.1) is 0 Å². The fourth-order valence-electron chi connectivity index (χ4n) is 2.00. The Morgan fingerprint density at radius 3 is 2.78 bits per heavy atom. The topological polar surface area (TPSA) is 29.0 Å². The second-order valence-electron chi connectivity index (χ2n) is 4.60. The lowest BCUT2D eigenvalue weighted by atomic mass is 10.3. The Balaban J connectivity index is 1.68. The summed E-state index contributed by atoms with van der Waals surface area (Å²) in [5.41, 5.74) is 2.37. The summed E-state index contributed by atoms with van der Waals surface area (Å²) in [7, 11) is 0.